The van der Waals surface area contributed by atoms with E-state index in [1.165, 1.54) is 36.7 Å². The van der Waals surface area contributed by atoms with Crippen molar-refractivity contribution in [2.24, 2.45) is 0 Å². The van der Waals surface area contributed by atoms with Gasteiger partial charge in [0.2, 0.25) is 0 Å². The number of carboxylic acids is 1. The Labute approximate surface area is 119 Å². The number of hydrogen-bond donors (Lipinski definition) is 3. The van der Waals surface area contributed by atoms with E-state index in [2.05, 4.69) is 15.6 Å². The number of aromatic nitrogens is 1. The Kier molecular flexibility index (Phi) is 4.25. The minimum atomic E-state index is -1.07. The van der Waals surface area contributed by atoms with Crippen LogP contribution < -0.4 is 10.6 Å². The Morgan fingerprint density at radius 3 is 1.76 bits per heavy atom. The highest BCUT2D eigenvalue weighted by molar-refractivity contribution is 6.43. The smallest absolute Gasteiger partial charge is 0.335 e. The van der Waals surface area contributed by atoms with Crippen molar-refractivity contribution >= 4 is 29.2 Å². The molecule has 1 heterocycles. The topological polar surface area (TPSA) is 108 Å². The molecular formula is C14H11N3O4. The molecule has 2 amide bonds. The molecule has 0 radical (unpaired) electrons. The highest BCUT2D eigenvalue weighted by Crippen LogP contribution is 2.10. The molecule has 0 atom stereocenters. The maximum atomic E-state index is 11.7. The van der Waals surface area contributed by atoms with Gasteiger partial charge in [0.1, 0.15) is 0 Å². The Hall–Kier alpha value is -3.22. The molecule has 21 heavy (non-hydrogen) atoms. The first kappa shape index (κ1) is 14.2. The number of benzene rings is 1. The van der Waals surface area contributed by atoms with Crippen molar-refractivity contribution in [2.75, 3.05) is 10.6 Å². The summed E-state index contributed by atoms with van der Waals surface area (Å²) in [6.45, 7) is 0. The Balaban J connectivity index is 1.97. The zero-order valence-corrected chi connectivity index (χ0v) is 10.7. The van der Waals surface area contributed by atoms with Gasteiger partial charge in [0.15, 0.2) is 0 Å². The van der Waals surface area contributed by atoms with Gasteiger partial charge in [0.05, 0.1) is 5.56 Å². The second-order valence-corrected chi connectivity index (χ2v) is 4.03. The maximum Gasteiger partial charge on any atom is 0.335 e. The number of carbonyl (C=O) groups is 3. The number of nitrogens with zero attached hydrogens (tertiary/aromatic N) is 1. The summed E-state index contributed by atoms with van der Waals surface area (Å²) in [5.74, 6) is -2.75. The van der Waals surface area contributed by atoms with E-state index in [9.17, 15) is 14.4 Å². The zero-order chi connectivity index (χ0) is 15.2. The third kappa shape index (κ3) is 3.87. The molecule has 1 aromatic carbocycles. The molecule has 0 saturated carbocycles. The number of rotatable bonds is 3. The monoisotopic (exact) mass is 285 g/mol. The number of aromatic carboxylic acids is 1. The van der Waals surface area contributed by atoms with Crippen molar-refractivity contribution in [1.82, 2.24) is 4.98 Å². The van der Waals surface area contributed by atoms with Crippen LogP contribution in [0.2, 0.25) is 0 Å². The van der Waals surface area contributed by atoms with E-state index in [4.69, 9.17) is 5.11 Å². The van der Waals surface area contributed by atoms with Crippen molar-refractivity contribution in [1.29, 1.82) is 0 Å². The predicted molar refractivity (Wildman–Crippen MR) is 74.9 cm³/mol. The van der Waals surface area contributed by atoms with Crippen LogP contribution in [0.15, 0.2) is 48.8 Å². The van der Waals surface area contributed by atoms with Gasteiger partial charge in [-0.05, 0) is 36.4 Å². The number of amides is 2. The molecule has 2 rings (SSSR count). The largest absolute Gasteiger partial charge is 0.478 e. The van der Waals surface area contributed by atoms with Gasteiger partial charge in [-0.15, -0.1) is 0 Å². The molecule has 0 unspecified atom stereocenters. The summed E-state index contributed by atoms with van der Waals surface area (Å²) in [6, 6.07) is 8.57. The standard InChI is InChI=1S/C14H11N3O4/c18-12(13(19)17-11-5-7-15-8-6-11)16-10-3-1-9(2-4-10)14(20)21/h1-8H,(H,16,18)(H,20,21)(H,15,17,19). The van der Waals surface area contributed by atoms with Crippen LogP contribution in [0.5, 0.6) is 0 Å². The number of carbonyl (C=O) groups excluding carboxylic acids is 2. The van der Waals surface area contributed by atoms with Gasteiger partial charge in [-0.25, -0.2) is 4.79 Å². The van der Waals surface area contributed by atoms with Crippen LogP contribution >= 0.6 is 0 Å². The normalized spacial score (nSPS) is 9.71. The number of nitrogens with one attached hydrogen (secondary N) is 2. The van der Waals surface area contributed by atoms with Crippen molar-refractivity contribution in [3.63, 3.8) is 0 Å². The number of carboxylic acid groups (broad SMARTS) is 1. The molecule has 0 aliphatic heterocycles. The molecule has 0 saturated heterocycles. The highest BCUT2D eigenvalue weighted by atomic mass is 16.4. The third-order valence-corrected chi connectivity index (χ3v) is 2.53. The summed E-state index contributed by atoms with van der Waals surface area (Å²) in [5.41, 5.74) is 0.871. The summed E-state index contributed by atoms with van der Waals surface area (Å²) >= 11 is 0. The van der Waals surface area contributed by atoms with Crippen molar-refractivity contribution in [3.8, 4) is 0 Å². The molecule has 1 aromatic heterocycles. The maximum absolute atomic E-state index is 11.7. The highest BCUT2D eigenvalue weighted by Gasteiger charge is 2.14. The van der Waals surface area contributed by atoms with Crippen LogP contribution in [-0.2, 0) is 9.59 Å². The van der Waals surface area contributed by atoms with Crippen LogP contribution in [0.4, 0.5) is 11.4 Å². The quantitative estimate of drug-likeness (QED) is 0.738. The molecule has 106 valence electrons. The molecule has 0 bridgehead atoms. The zero-order valence-electron chi connectivity index (χ0n) is 10.7. The number of anilines is 2. The second-order valence-electron chi connectivity index (χ2n) is 4.03. The van der Waals surface area contributed by atoms with Crippen LogP contribution in [0.1, 0.15) is 10.4 Å². The molecular weight excluding hydrogens is 274 g/mol. The van der Waals surface area contributed by atoms with E-state index in [-0.39, 0.29) is 5.56 Å². The van der Waals surface area contributed by atoms with Gasteiger partial charge >= 0.3 is 17.8 Å². The van der Waals surface area contributed by atoms with Crippen LogP contribution in [0, 0.1) is 0 Å². The molecule has 7 nitrogen and oxygen atoms in total. The van der Waals surface area contributed by atoms with Crippen molar-refractivity contribution in [2.45, 2.75) is 0 Å². The van der Waals surface area contributed by atoms with Gasteiger partial charge in [0.25, 0.3) is 0 Å². The van der Waals surface area contributed by atoms with Crippen LogP contribution in [-0.4, -0.2) is 27.9 Å². The fourth-order valence-corrected chi connectivity index (χ4v) is 1.51. The van der Waals surface area contributed by atoms with Gasteiger partial charge in [-0.1, -0.05) is 0 Å². The van der Waals surface area contributed by atoms with Gasteiger partial charge in [-0.3, -0.25) is 14.6 Å². The average molecular weight is 285 g/mol. The Morgan fingerprint density at radius 1 is 0.810 bits per heavy atom. The SMILES string of the molecule is O=C(Nc1ccncc1)C(=O)Nc1ccc(C(=O)O)cc1. The average Bonchev–Trinajstić information content (AvgIpc) is 2.48. The fourth-order valence-electron chi connectivity index (χ4n) is 1.51. The lowest BCUT2D eigenvalue weighted by Gasteiger charge is -2.06. The fraction of sp³-hybridized carbons (Fsp3) is 0. The molecule has 7 heteroatoms. The number of hydrogen-bond acceptors (Lipinski definition) is 4. The summed E-state index contributed by atoms with van der Waals surface area (Å²) in [6.07, 6.45) is 2.97. The van der Waals surface area contributed by atoms with Gasteiger partial charge < -0.3 is 15.7 Å². The summed E-state index contributed by atoms with van der Waals surface area (Å²) in [4.78, 5) is 37.8. The molecule has 0 spiro atoms. The van der Waals surface area contributed by atoms with E-state index in [1.54, 1.807) is 12.1 Å². The van der Waals surface area contributed by atoms with Crippen molar-refractivity contribution < 1.29 is 19.5 Å². The van der Waals surface area contributed by atoms with E-state index >= 15 is 0 Å². The Morgan fingerprint density at radius 2 is 1.29 bits per heavy atom. The summed E-state index contributed by atoms with van der Waals surface area (Å²) < 4.78 is 0. The Bertz CT molecular complexity index is 668. The van der Waals surface area contributed by atoms with Gasteiger partial charge in [-0.2, -0.15) is 0 Å². The first-order chi connectivity index (χ1) is 10.1. The lowest BCUT2D eigenvalue weighted by atomic mass is 10.2. The molecule has 0 aliphatic rings. The summed E-state index contributed by atoms with van der Waals surface area (Å²) in [5, 5.41) is 13.5. The van der Waals surface area contributed by atoms with E-state index in [1.807, 2.05) is 0 Å². The minimum absolute atomic E-state index is 0.0919. The molecule has 0 aliphatic carbocycles. The first-order valence-corrected chi connectivity index (χ1v) is 5.92. The van der Waals surface area contributed by atoms with E-state index in [0.29, 0.717) is 11.4 Å². The number of pyridine rings is 1. The second kappa shape index (κ2) is 6.29. The predicted octanol–water partition coefficient (Wildman–Crippen LogP) is 1.36. The minimum Gasteiger partial charge on any atom is -0.478 e. The van der Waals surface area contributed by atoms with Gasteiger partial charge in [0, 0.05) is 23.8 Å². The first-order valence-electron chi connectivity index (χ1n) is 5.92. The lowest BCUT2D eigenvalue weighted by molar-refractivity contribution is -0.132. The van der Waals surface area contributed by atoms with E-state index in [0.717, 1.165) is 0 Å². The molecule has 2 aromatic rings. The molecule has 0 fully saturated rings. The molecule has 3 N–H and O–H groups in total. The van der Waals surface area contributed by atoms with Crippen LogP contribution in [0.3, 0.4) is 0 Å². The lowest BCUT2D eigenvalue weighted by Crippen LogP contribution is -2.29. The van der Waals surface area contributed by atoms with Crippen LogP contribution in [0.25, 0.3) is 0 Å². The third-order valence-electron chi connectivity index (χ3n) is 2.53. The van der Waals surface area contributed by atoms with Crippen molar-refractivity contribution in [3.05, 3.63) is 54.4 Å². The van der Waals surface area contributed by atoms with E-state index < -0.39 is 17.8 Å². The summed E-state index contributed by atoms with van der Waals surface area (Å²) in [7, 11) is 0.